The monoisotopic (exact) mass is 209 g/mol. The summed E-state index contributed by atoms with van der Waals surface area (Å²) in [6, 6.07) is 7.22. The van der Waals surface area contributed by atoms with Crippen molar-refractivity contribution in [2.75, 3.05) is 14.1 Å². The number of rotatable bonds is 4. The average Bonchev–Trinajstić information content (AvgIpc) is 2.15. The van der Waals surface area contributed by atoms with E-state index in [1.165, 1.54) is 6.07 Å². The zero-order valence-electron chi connectivity index (χ0n) is 10.00. The van der Waals surface area contributed by atoms with E-state index in [0.29, 0.717) is 5.92 Å². The van der Waals surface area contributed by atoms with Crippen LogP contribution in [0.15, 0.2) is 24.3 Å². The van der Waals surface area contributed by atoms with Crippen molar-refractivity contribution in [3.63, 3.8) is 0 Å². The van der Waals surface area contributed by atoms with Gasteiger partial charge in [0.05, 0.1) is 0 Å². The Morgan fingerprint density at radius 3 is 2.27 bits per heavy atom. The van der Waals surface area contributed by atoms with Crippen molar-refractivity contribution in [2.24, 2.45) is 5.92 Å². The van der Waals surface area contributed by atoms with Gasteiger partial charge in [-0.05, 0) is 32.5 Å². The second-order valence-corrected chi connectivity index (χ2v) is 4.63. The summed E-state index contributed by atoms with van der Waals surface area (Å²) in [6.45, 7) is 4.33. The van der Waals surface area contributed by atoms with Crippen LogP contribution in [-0.4, -0.2) is 19.0 Å². The molecule has 1 aromatic carbocycles. The molecule has 84 valence electrons. The highest BCUT2D eigenvalue weighted by molar-refractivity contribution is 5.21. The molecule has 15 heavy (non-hydrogen) atoms. The molecule has 0 aliphatic heterocycles. The van der Waals surface area contributed by atoms with Crippen LogP contribution in [-0.2, 0) is 0 Å². The third-order valence-corrected chi connectivity index (χ3v) is 2.58. The standard InChI is InChI=1S/C13H20FN/c1-10(2)9-13(15(3)4)11-7-5-6-8-12(11)14/h5-8,10,13H,9H2,1-4H3. The number of benzene rings is 1. The molecular weight excluding hydrogens is 189 g/mol. The Morgan fingerprint density at radius 2 is 1.80 bits per heavy atom. The number of halogens is 1. The second kappa shape index (κ2) is 5.26. The Morgan fingerprint density at radius 1 is 1.20 bits per heavy atom. The highest BCUT2D eigenvalue weighted by Crippen LogP contribution is 2.27. The van der Waals surface area contributed by atoms with Crippen LogP contribution in [0.1, 0.15) is 31.9 Å². The topological polar surface area (TPSA) is 3.24 Å². The van der Waals surface area contributed by atoms with Gasteiger partial charge in [0.15, 0.2) is 0 Å². The molecule has 1 rings (SSSR count). The molecular formula is C13H20FN. The van der Waals surface area contributed by atoms with Gasteiger partial charge >= 0.3 is 0 Å². The summed E-state index contributed by atoms with van der Waals surface area (Å²) < 4.78 is 13.6. The van der Waals surface area contributed by atoms with Crippen LogP contribution in [0.2, 0.25) is 0 Å². The van der Waals surface area contributed by atoms with E-state index in [0.717, 1.165) is 12.0 Å². The molecule has 0 bridgehead atoms. The Labute approximate surface area is 91.9 Å². The predicted molar refractivity (Wildman–Crippen MR) is 62.3 cm³/mol. The van der Waals surface area contributed by atoms with E-state index in [4.69, 9.17) is 0 Å². The molecule has 0 saturated heterocycles. The predicted octanol–water partition coefficient (Wildman–Crippen LogP) is 3.47. The molecule has 1 unspecified atom stereocenters. The minimum absolute atomic E-state index is 0.100. The molecule has 1 atom stereocenters. The fourth-order valence-corrected chi connectivity index (χ4v) is 1.81. The number of hydrogen-bond acceptors (Lipinski definition) is 1. The van der Waals surface area contributed by atoms with Gasteiger partial charge in [-0.1, -0.05) is 32.0 Å². The van der Waals surface area contributed by atoms with E-state index in [9.17, 15) is 4.39 Å². The summed E-state index contributed by atoms with van der Waals surface area (Å²) in [5, 5.41) is 0. The summed E-state index contributed by atoms with van der Waals surface area (Å²) in [5.74, 6) is 0.467. The van der Waals surface area contributed by atoms with Gasteiger partial charge in [0.1, 0.15) is 5.82 Å². The van der Waals surface area contributed by atoms with E-state index >= 15 is 0 Å². The zero-order chi connectivity index (χ0) is 11.4. The van der Waals surface area contributed by atoms with Crippen LogP contribution in [0.5, 0.6) is 0 Å². The summed E-state index contributed by atoms with van der Waals surface area (Å²) >= 11 is 0. The normalized spacial score (nSPS) is 13.5. The van der Waals surface area contributed by atoms with E-state index in [-0.39, 0.29) is 11.9 Å². The second-order valence-electron chi connectivity index (χ2n) is 4.63. The molecule has 0 aliphatic rings. The third kappa shape index (κ3) is 3.31. The van der Waals surface area contributed by atoms with Crippen molar-refractivity contribution < 1.29 is 4.39 Å². The molecule has 0 heterocycles. The van der Waals surface area contributed by atoms with Crippen LogP contribution in [0.25, 0.3) is 0 Å². The van der Waals surface area contributed by atoms with Gasteiger partial charge in [-0.2, -0.15) is 0 Å². The van der Waals surface area contributed by atoms with Crippen molar-refractivity contribution in [3.8, 4) is 0 Å². The number of nitrogens with zero attached hydrogens (tertiary/aromatic N) is 1. The van der Waals surface area contributed by atoms with Crippen LogP contribution in [0.4, 0.5) is 4.39 Å². The van der Waals surface area contributed by atoms with Gasteiger partial charge in [-0.3, -0.25) is 0 Å². The van der Waals surface area contributed by atoms with Gasteiger partial charge in [-0.25, -0.2) is 4.39 Å². The molecule has 0 aliphatic carbocycles. The van der Waals surface area contributed by atoms with E-state index < -0.39 is 0 Å². The van der Waals surface area contributed by atoms with Crippen molar-refractivity contribution in [2.45, 2.75) is 26.3 Å². The zero-order valence-corrected chi connectivity index (χ0v) is 10.00. The van der Waals surface area contributed by atoms with Gasteiger partial charge < -0.3 is 4.90 Å². The van der Waals surface area contributed by atoms with Crippen LogP contribution in [0.3, 0.4) is 0 Å². The third-order valence-electron chi connectivity index (χ3n) is 2.58. The van der Waals surface area contributed by atoms with Crippen molar-refractivity contribution >= 4 is 0 Å². The lowest BCUT2D eigenvalue weighted by Crippen LogP contribution is -2.22. The molecule has 0 amide bonds. The molecule has 0 saturated carbocycles. The highest BCUT2D eigenvalue weighted by atomic mass is 19.1. The molecule has 2 heteroatoms. The smallest absolute Gasteiger partial charge is 0.127 e. The lowest BCUT2D eigenvalue weighted by atomic mass is 9.96. The Hall–Kier alpha value is -0.890. The fourth-order valence-electron chi connectivity index (χ4n) is 1.81. The van der Waals surface area contributed by atoms with E-state index in [2.05, 4.69) is 18.7 Å². The fraction of sp³-hybridized carbons (Fsp3) is 0.538. The molecule has 0 N–H and O–H groups in total. The first-order valence-corrected chi connectivity index (χ1v) is 5.43. The molecule has 0 spiro atoms. The maximum atomic E-state index is 13.6. The maximum Gasteiger partial charge on any atom is 0.127 e. The Kier molecular flexibility index (Phi) is 4.28. The largest absolute Gasteiger partial charge is 0.302 e. The van der Waals surface area contributed by atoms with E-state index in [1.54, 1.807) is 6.07 Å². The van der Waals surface area contributed by atoms with Crippen LogP contribution in [0, 0.1) is 11.7 Å². The summed E-state index contributed by atoms with van der Waals surface area (Å²) in [4.78, 5) is 2.08. The minimum atomic E-state index is -0.100. The molecule has 0 aromatic heterocycles. The first kappa shape index (κ1) is 12.2. The van der Waals surface area contributed by atoms with Gasteiger partial charge in [-0.15, -0.1) is 0 Å². The minimum Gasteiger partial charge on any atom is -0.302 e. The van der Waals surface area contributed by atoms with Crippen molar-refractivity contribution in [3.05, 3.63) is 35.6 Å². The SMILES string of the molecule is CC(C)CC(c1ccccc1F)N(C)C. The lowest BCUT2D eigenvalue weighted by Gasteiger charge is -2.26. The summed E-state index contributed by atoms with van der Waals surface area (Å²) in [6.07, 6.45) is 0.980. The molecule has 0 fully saturated rings. The van der Waals surface area contributed by atoms with Gasteiger partial charge in [0, 0.05) is 11.6 Å². The average molecular weight is 209 g/mol. The number of hydrogen-bond donors (Lipinski definition) is 0. The Bertz CT molecular complexity index is 307. The molecule has 1 aromatic rings. The lowest BCUT2D eigenvalue weighted by molar-refractivity contribution is 0.253. The van der Waals surface area contributed by atoms with Crippen molar-refractivity contribution in [1.82, 2.24) is 4.90 Å². The Balaban J connectivity index is 2.94. The van der Waals surface area contributed by atoms with E-state index in [1.807, 2.05) is 26.2 Å². The molecule has 0 radical (unpaired) electrons. The van der Waals surface area contributed by atoms with Crippen LogP contribution < -0.4 is 0 Å². The summed E-state index contributed by atoms with van der Waals surface area (Å²) in [7, 11) is 4.00. The highest BCUT2D eigenvalue weighted by Gasteiger charge is 2.18. The molecule has 1 nitrogen and oxygen atoms in total. The van der Waals surface area contributed by atoms with Gasteiger partial charge in [0.2, 0.25) is 0 Å². The van der Waals surface area contributed by atoms with Crippen molar-refractivity contribution in [1.29, 1.82) is 0 Å². The first-order chi connectivity index (χ1) is 7.02. The maximum absolute atomic E-state index is 13.6. The van der Waals surface area contributed by atoms with Crippen LogP contribution >= 0.6 is 0 Å². The first-order valence-electron chi connectivity index (χ1n) is 5.43. The quantitative estimate of drug-likeness (QED) is 0.734. The van der Waals surface area contributed by atoms with Gasteiger partial charge in [0.25, 0.3) is 0 Å². The summed E-state index contributed by atoms with van der Waals surface area (Å²) in [5.41, 5.74) is 0.802.